The van der Waals surface area contributed by atoms with Crippen molar-refractivity contribution in [2.75, 3.05) is 5.32 Å². The van der Waals surface area contributed by atoms with E-state index >= 15 is 0 Å². The number of aromatic nitrogens is 2. The summed E-state index contributed by atoms with van der Waals surface area (Å²) in [5.74, 6) is 0.381. The predicted octanol–water partition coefficient (Wildman–Crippen LogP) is 2.86. The van der Waals surface area contributed by atoms with Crippen LogP contribution >= 0.6 is 0 Å². The number of carbonyl (C=O) groups is 1. The number of benzene rings is 1. The number of fused-ring (bicyclic) bond motifs is 1. The fourth-order valence-electron chi connectivity index (χ4n) is 2.56. The monoisotopic (exact) mass is 325 g/mol. The lowest BCUT2D eigenvalue weighted by molar-refractivity contribution is -0.116. The average molecular weight is 325 g/mol. The molecule has 0 fully saturated rings. The van der Waals surface area contributed by atoms with Crippen LogP contribution < -0.4 is 10.9 Å². The van der Waals surface area contributed by atoms with Crippen molar-refractivity contribution in [2.45, 2.75) is 34.2 Å². The molecule has 2 aromatic heterocycles. The Morgan fingerprint density at radius 3 is 2.67 bits per heavy atom. The third-order valence-corrected chi connectivity index (χ3v) is 4.26. The molecule has 0 aliphatic carbocycles. The van der Waals surface area contributed by atoms with Crippen molar-refractivity contribution in [2.24, 2.45) is 0 Å². The standard InChI is InChI=1S/C18H19N3O3/c1-10-5-6-14(7-11(10)2)20-15(22)8-21-9-19-17-16(18(21)23)12(3)13(4)24-17/h5-7,9H,8H2,1-4H3,(H,20,22). The summed E-state index contributed by atoms with van der Waals surface area (Å²) in [6.07, 6.45) is 1.34. The molecule has 0 radical (unpaired) electrons. The van der Waals surface area contributed by atoms with Gasteiger partial charge in [-0.1, -0.05) is 6.07 Å². The van der Waals surface area contributed by atoms with E-state index in [9.17, 15) is 9.59 Å². The minimum atomic E-state index is -0.278. The molecule has 3 rings (SSSR count). The van der Waals surface area contributed by atoms with Crippen molar-refractivity contribution >= 4 is 22.7 Å². The second-order valence-electron chi connectivity index (χ2n) is 5.99. The summed E-state index contributed by atoms with van der Waals surface area (Å²) in [5.41, 5.74) is 3.75. The molecule has 0 aliphatic heterocycles. The van der Waals surface area contributed by atoms with Gasteiger partial charge in [-0.2, -0.15) is 0 Å². The van der Waals surface area contributed by atoms with Gasteiger partial charge in [0.1, 0.15) is 24.0 Å². The van der Waals surface area contributed by atoms with E-state index in [4.69, 9.17) is 4.42 Å². The molecule has 0 unspecified atom stereocenters. The average Bonchev–Trinajstić information content (AvgIpc) is 2.81. The van der Waals surface area contributed by atoms with Crippen LogP contribution in [0.3, 0.4) is 0 Å². The van der Waals surface area contributed by atoms with Crippen LogP contribution in [-0.2, 0) is 11.3 Å². The number of hydrogen-bond acceptors (Lipinski definition) is 4. The fraction of sp³-hybridized carbons (Fsp3) is 0.278. The van der Waals surface area contributed by atoms with E-state index in [1.807, 2.05) is 39.0 Å². The van der Waals surface area contributed by atoms with Gasteiger partial charge in [0.15, 0.2) is 0 Å². The van der Waals surface area contributed by atoms with Gasteiger partial charge in [-0.05, 0) is 51.0 Å². The number of nitrogens with one attached hydrogen (secondary N) is 1. The number of carbonyl (C=O) groups excluding carboxylic acids is 1. The number of amides is 1. The van der Waals surface area contributed by atoms with Crippen molar-refractivity contribution in [1.29, 1.82) is 0 Å². The van der Waals surface area contributed by atoms with Gasteiger partial charge in [0, 0.05) is 11.3 Å². The summed E-state index contributed by atoms with van der Waals surface area (Å²) in [6.45, 7) is 7.49. The van der Waals surface area contributed by atoms with Gasteiger partial charge < -0.3 is 9.73 Å². The van der Waals surface area contributed by atoms with Crippen molar-refractivity contribution in [3.05, 3.63) is 57.3 Å². The first-order chi connectivity index (χ1) is 11.4. The lowest BCUT2D eigenvalue weighted by Crippen LogP contribution is -2.27. The van der Waals surface area contributed by atoms with Crippen molar-refractivity contribution < 1.29 is 9.21 Å². The second kappa shape index (κ2) is 5.96. The summed E-state index contributed by atoms with van der Waals surface area (Å²) in [7, 11) is 0. The first-order valence-corrected chi connectivity index (χ1v) is 7.69. The van der Waals surface area contributed by atoms with Gasteiger partial charge in [0.2, 0.25) is 11.6 Å². The Kier molecular flexibility index (Phi) is 3.97. The Morgan fingerprint density at radius 2 is 1.96 bits per heavy atom. The minimum absolute atomic E-state index is 0.0988. The first-order valence-electron chi connectivity index (χ1n) is 7.69. The van der Waals surface area contributed by atoms with Crippen molar-refractivity contribution in [3.63, 3.8) is 0 Å². The Bertz CT molecular complexity index is 999. The van der Waals surface area contributed by atoms with E-state index in [0.717, 1.165) is 16.7 Å². The number of anilines is 1. The van der Waals surface area contributed by atoms with Crippen molar-refractivity contribution in [1.82, 2.24) is 9.55 Å². The number of hydrogen-bond donors (Lipinski definition) is 1. The predicted molar refractivity (Wildman–Crippen MR) is 92.3 cm³/mol. The molecule has 1 amide bonds. The molecule has 0 spiro atoms. The Balaban J connectivity index is 1.85. The third kappa shape index (κ3) is 2.82. The Hall–Kier alpha value is -2.89. The number of nitrogens with zero attached hydrogens (tertiary/aromatic N) is 2. The van der Waals surface area contributed by atoms with Crippen LogP contribution in [0.5, 0.6) is 0 Å². The summed E-state index contributed by atoms with van der Waals surface area (Å²) in [4.78, 5) is 28.9. The van der Waals surface area contributed by atoms with Gasteiger partial charge in [0.05, 0.1) is 0 Å². The fourth-order valence-corrected chi connectivity index (χ4v) is 2.56. The quantitative estimate of drug-likeness (QED) is 0.803. The molecule has 6 heteroatoms. The molecule has 1 aromatic carbocycles. The number of rotatable bonds is 3. The van der Waals surface area contributed by atoms with Gasteiger partial charge in [-0.25, -0.2) is 4.98 Å². The maximum absolute atomic E-state index is 12.5. The number of aryl methyl sites for hydroxylation is 4. The zero-order valence-corrected chi connectivity index (χ0v) is 14.1. The van der Waals surface area contributed by atoms with Crippen LogP contribution in [0.4, 0.5) is 5.69 Å². The Morgan fingerprint density at radius 1 is 1.21 bits per heavy atom. The molecule has 0 saturated carbocycles. The highest BCUT2D eigenvalue weighted by Crippen LogP contribution is 2.19. The van der Waals surface area contributed by atoms with Gasteiger partial charge in [-0.3, -0.25) is 14.2 Å². The number of furan rings is 1. The molecule has 1 N–H and O–H groups in total. The zero-order valence-electron chi connectivity index (χ0n) is 14.1. The molecule has 0 aliphatic rings. The van der Waals surface area contributed by atoms with Crippen molar-refractivity contribution in [3.8, 4) is 0 Å². The summed E-state index contributed by atoms with van der Waals surface area (Å²) >= 11 is 0. The summed E-state index contributed by atoms with van der Waals surface area (Å²) in [6, 6.07) is 5.69. The van der Waals surface area contributed by atoms with Crippen LogP contribution in [0.2, 0.25) is 0 Å². The molecule has 3 aromatic rings. The molecule has 0 bridgehead atoms. The zero-order chi connectivity index (χ0) is 17.4. The van der Waals surface area contributed by atoms with E-state index < -0.39 is 0 Å². The van der Waals surface area contributed by atoms with Crippen LogP contribution in [0.15, 0.2) is 33.7 Å². The molecule has 2 heterocycles. The summed E-state index contributed by atoms with van der Waals surface area (Å²) in [5, 5.41) is 3.23. The van der Waals surface area contributed by atoms with Crippen LogP contribution in [0.25, 0.3) is 11.1 Å². The normalized spacial score (nSPS) is 11.0. The van der Waals surface area contributed by atoms with Gasteiger partial charge in [-0.15, -0.1) is 0 Å². The highest BCUT2D eigenvalue weighted by atomic mass is 16.3. The topological polar surface area (TPSA) is 77.1 Å². The van der Waals surface area contributed by atoms with Gasteiger partial charge in [0.25, 0.3) is 5.56 Å². The maximum Gasteiger partial charge on any atom is 0.265 e. The molecular formula is C18H19N3O3. The lowest BCUT2D eigenvalue weighted by Gasteiger charge is -2.09. The second-order valence-corrected chi connectivity index (χ2v) is 5.99. The van der Waals surface area contributed by atoms with Gasteiger partial charge >= 0.3 is 0 Å². The van der Waals surface area contributed by atoms with E-state index in [2.05, 4.69) is 10.3 Å². The highest BCUT2D eigenvalue weighted by molar-refractivity contribution is 5.90. The Labute approximate surface area is 139 Å². The van der Waals surface area contributed by atoms with E-state index in [1.165, 1.54) is 10.9 Å². The maximum atomic E-state index is 12.5. The van der Waals surface area contributed by atoms with Crippen LogP contribution in [0.1, 0.15) is 22.5 Å². The minimum Gasteiger partial charge on any atom is -0.443 e. The highest BCUT2D eigenvalue weighted by Gasteiger charge is 2.15. The molecule has 0 saturated heterocycles. The van der Waals surface area contributed by atoms with Crippen LogP contribution in [0, 0.1) is 27.7 Å². The molecule has 24 heavy (non-hydrogen) atoms. The van der Waals surface area contributed by atoms with E-state index in [0.29, 0.717) is 22.5 Å². The largest absolute Gasteiger partial charge is 0.443 e. The first kappa shape index (κ1) is 16.0. The SMILES string of the molecule is Cc1ccc(NC(=O)Cn2cnc3oc(C)c(C)c3c2=O)cc1C. The van der Waals surface area contributed by atoms with Crippen LogP contribution in [-0.4, -0.2) is 15.5 Å². The van der Waals surface area contributed by atoms with E-state index in [-0.39, 0.29) is 18.0 Å². The molecular weight excluding hydrogens is 306 g/mol. The lowest BCUT2D eigenvalue weighted by atomic mass is 10.1. The third-order valence-electron chi connectivity index (χ3n) is 4.26. The van der Waals surface area contributed by atoms with E-state index in [1.54, 1.807) is 6.92 Å². The molecule has 0 atom stereocenters. The summed E-state index contributed by atoms with van der Waals surface area (Å²) < 4.78 is 6.73. The molecule has 6 nitrogen and oxygen atoms in total. The smallest absolute Gasteiger partial charge is 0.265 e. The molecule has 124 valence electrons.